The highest BCUT2D eigenvalue weighted by Gasteiger charge is 2.33. The van der Waals surface area contributed by atoms with Gasteiger partial charge in [0.1, 0.15) is 6.04 Å². The van der Waals surface area contributed by atoms with Crippen LogP contribution in [0.25, 0.3) is 11.1 Å². The lowest BCUT2D eigenvalue weighted by atomic mass is 10.1. The molecule has 0 spiro atoms. The maximum Gasteiger partial charge on any atom is 0.419 e. The van der Waals surface area contributed by atoms with Crippen LogP contribution >= 0.6 is 11.8 Å². The van der Waals surface area contributed by atoms with E-state index in [-0.39, 0.29) is 22.4 Å². The number of benzene rings is 2. The van der Waals surface area contributed by atoms with Crippen LogP contribution in [0.4, 0.5) is 5.69 Å². The number of anilines is 1. The van der Waals surface area contributed by atoms with Crippen molar-refractivity contribution in [3.8, 4) is 0 Å². The minimum Gasteiger partial charge on any atom is -0.408 e. The molecule has 0 unspecified atom stereocenters. The first kappa shape index (κ1) is 26.3. The largest absolute Gasteiger partial charge is 0.419 e. The quantitative estimate of drug-likeness (QED) is 0.475. The van der Waals surface area contributed by atoms with E-state index < -0.39 is 21.8 Å². The van der Waals surface area contributed by atoms with E-state index in [9.17, 15) is 18.0 Å². The van der Waals surface area contributed by atoms with Gasteiger partial charge in [0.05, 0.1) is 10.4 Å². The zero-order chi connectivity index (χ0) is 26.0. The first-order valence-corrected chi connectivity index (χ1v) is 14.7. The van der Waals surface area contributed by atoms with Gasteiger partial charge in [0, 0.05) is 44.5 Å². The molecule has 1 amide bonds. The van der Waals surface area contributed by atoms with Gasteiger partial charge in [-0.25, -0.2) is 13.2 Å². The summed E-state index contributed by atoms with van der Waals surface area (Å²) in [6, 6.07) is 11.8. The predicted molar refractivity (Wildman–Crippen MR) is 143 cm³/mol. The third kappa shape index (κ3) is 5.47. The van der Waals surface area contributed by atoms with Gasteiger partial charge in [-0.1, -0.05) is 17.7 Å². The van der Waals surface area contributed by atoms with Gasteiger partial charge in [-0.05, 0) is 56.5 Å². The molecule has 1 saturated heterocycles. The van der Waals surface area contributed by atoms with Crippen LogP contribution < -0.4 is 15.4 Å². The summed E-state index contributed by atoms with van der Waals surface area (Å²) in [4.78, 5) is 29.3. The second-order valence-electron chi connectivity index (χ2n) is 9.17. The van der Waals surface area contributed by atoms with Gasteiger partial charge in [0.25, 0.3) is 0 Å². The molecule has 0 saturated carbocycles. The number of rotatable bonds is 8. The standard InChI is InChI=1S/C25H32N4O5S2/c1-17-5-7-19(8-6-17)29-13-12-28(16-18(29)2)24(30)21(11-14-35-4)26-36(32,33)20-9-10-22-23(15-20)34-25(31)27(22)3/h5-10,15,18,21,26H,11-14,16H2,1-4H3/t18-,21-/m0/s1. The zero-order valence-corrected chi connectivity index (χ0v) is 22.6. The number of aromatic nitrogens is 1. The van der Waals surface area contributed by atoms with Gasteiger partial charge in [-0.3, -0.25) is 9.36 Å². The summed E-state index contributed by atoms with van der Waals surface area (Å²) in [6.07, 6.45) is 2.29. The number of oxazole rings is 1. The molecule has 2 heterocycles. The van der Waals surface area contributed by atoms with Crippen LogP contribution in [0.2, 0.25) is 0 Å². The Hall–Kier alpha value is -2.76. The van der Waals surface area contributed by atoms with E-state index in [0.717, 1.165) is 5.69 Å². The average molecular weight is 533 g/mol. The highest BCUT2D eigenvalue weighted by atomic mass is 32.2. The van der Waals surface area contributed by atoms with Gasteiger partial charge in [0.15, 0.2) is 5.58 Å². The average Bonchev–Trinajstić information content (AvgIpc) is 3.14. The summed E-state index contributed by atoms with van der Waals surface area (Å²) < 4.78 is 35.5. The second kappa shape index (κ2) is 10.7. The van der Waals surface area contributed by atoms with Crippen LogP contribution in [0.5, 0.6) is 0 Å². The van der Waals surface area contributed by atoms with Gasteiger partial charge in [0.2, 0.25) is 15.9 Å². The fourth-order valence-corrected chi connectivity index (χ4v) is 6.21. The molecule has 0 bridgehead atoms. The summed E-state index contributed by atoms with van der Waals surface area (Å²) in [5.41, 5.74) is 2.98. The second-order valence-corrected chi connectivity index (χ2v) is 11.9. The Labute approximate surface area is 215 Å². The van der Waals surface area contributed by atoms with Crippen LogP contribution in [0, 0.1) is 6.92 Å². The first-order valence-electron chi connectivity index (χ1n) is 11.8. The molecule has 2 aromatic carbocycles. The van der Waals surface area contributed by atoms with E-state index in [4.69, 9.17) is 4.42 Å². The van der Waals surface area contributed by atoms with Crippen molar-refractivity contribution >= 4 is 44.5 Å². The molecule has 4 rings (SSSR count). The van der Waals surface area contributed by atoms with Crippen molar-refractivity contribution in [3.63, 3.8) is 0 Å². The van der Waals surface area contributed by atoms with Crippen LogP contribution in [-0.2, 0) is 21.9 Å². The molecule has 2 atom stereocenters. The number of fused-ring (bicyclic) bond motifs is 1. The third-order valence-corrected chi connectivity index (χ3v) is 8.70. The molecule has 0 aliphatic carbocycles. The van der Waals surface area contributed by atoms with E-state index >= 15 is 0 Å². The summed E-state index contributed by atoms with van der Waals surface area (Å²) in [7, 11) is -2.48. The number of hydrogen-bond donors (Lipinski definition) is 1. The highest BCUT2D eigenvalue weighted by molar-refractivity contribution is 7.98. The number of nitrogens with zero attached hydrogens (tertiary/aromatic N) is 3. The van der Waals surface area contributed by atoms with Gasteiger partial charge >= 0.3 is 5.76 Å². The molecule has 36 heavy (non-hydrogen) atoms. The molecular weight excluding hydrogens is 500 g/mol. The molecule has 9 nitrogen and oxygen atoms in total. The van der Waals surface area contributed by atoms with Crippen molar-refractivity contribution in [1.29, 1.82) is 0 Å². The number of hydrogen-bond acceptors (Lipinski definition) is 7. The molecule has 11 heteroatoms. The number of nitrogens with one attached hydrogen (secondary N) is 1. The molecule has 1 aliphatic heterocycles. The monoisotopic (exact) mass is 532 g/mol. The van der Waals surface area contributed by atoms with E-state index in [1.165, 1.54) is 28.3 Å². The Morgan fingerprint density at radius 3 is 2.58 bits per heavy atom. The lowest BCUT2D eigenvalue weighted by Crippen LogP contribution is -2.58. The number of thioether (sulfide) groups is 1. The number of sulfonamides is 1. The molecule has 194 valence electrons. The van der Waals surface area contributed by atoms with Crippen molar-refractivity contribution in [2.24, 2.45) is 7.05 Å². The maximum absolute atomic E-state index is 13.5. The van der Waals surface area contributed by atoms with Crippen molar-refractivity contribution in [1.82, 2.24) is 14.2 Å². The van der Waals surface area contributed by atoms with Gasteiger partial charge in [-0.15, -0.1) is 0 Å². The Balaban J connectivity index is 1.51. The van der Waals surface area contributed by atoms with Crippen molar-refractivity contribution in [3.05, 3.63) is 58.6 Å². The van der Waals surface area contributed by atoms with Crippen LogP contribution in [0.15, 0.2) is 56.6 Å². The fraction of sp³-hybridized carbons (Fsp3) is 0.440. The topological polar surface area (TPSA) is 105 Å². The minimum atomic E-state index is -4.03. The van der Waals surface area contributed by atoms with Gasteiger partial charge < -0.3 is 14.2 Å². The predicted octanol–water partition coefficient (Wildman–Crippen LogP) is 2.58. The summed E-state index contributed by atoms with van der Waals surface area (Å²) in [5, 5.41) is 0. The Bertz CT molecular complexity index is 1400. The molecule has 1 aliphatic rings. The SMILES string of the molecule is CSCC[C@H](NS(=O)(=O)c1ccc2c(c1)oc(=O)n2C)C(=O)N1CCN(c2ccc(C)cc2)[C@@H](C)C1. The normalized spacial score (nSPS) is 17.5. The van der Waals surface area contributed by atoms with Crippen LogP contribution in [-0.4, -0.2) is 67.5 Å². The van der Waals surface area contributed by atoms with Crippen LogP contribution in [0.1, 0.15) is 18.9 Å². The molecule has 1 N–H and O–H groups in total. The molecule has 1 fully saturated rings. The number of amides is 1. The zero-order valence-electron chi connectivity index (χ0n) is 20.9. The van der Waals surface area contributed by atoms with Crippen LogP contribution in [0.3, 0.4) is 0 Å². The Morgan fingerprint density at radius 2 is 1.92 bits per heavy atom. The number of piperazine rings is 1. The molecular formula is C25H32N4O5S2. The molecule has 0 radical (unpaired) electrons. The number of carbonyl (C=O) groups excluding carboxylic acids is 1. The van der Waals surface area contributed by atoms with Crippen molar-refractivity contribution in [2.75, 3.05) is 36.5 Å². The number of carbonyl (C=O) groups is 1. The lowest BCUT2D eigenvalue weighted by molar-refractivity contribution is -0.133. The van der Waals surface area contributed by atoms with E-state index in [0.29, 0.717) is 37.3 Å². The summed E-state index contributed by atoms with van der Waals surface area (Å²) in [6.45, 7) is 5.80. The summed E-state index contributed by atoms with van der Waals surface area (Å²) in [5.74, 6) is -0.167. The number of aryl methyl sites for hydroxylation is 2. The third-order valence-electron chi connectivity index (χ3n) is 6.58. The minimum absolute atomic E-state index is 0.0520. The highest BCUT2D eigenvalue weighted by Crippen LogP contribution is 2.23. The lowest BCUT2D eigenvalue weighted by Gasteiger charge is -2.42. The summed E-state index contributed by atoms with van der Waals surface area (Å²) >= 11 is 1.56. The Kier molecular flexibility index (Phi) is 7.82. The van der Waals surface area contributed by atoms with E-state index in [1.54, 1.807) is 23.7 Å². The molecule has 3 aromatic rings. The van der Waals surface area contributed by atoms with E-state index in [2.05, 4.69) is 40.8 Å². The van der Waals surface area contributed by atoms with Crippen molar-refractivity contribution in [2.45, 2.75) is 37.2 Å². The van der Waals surface area contributed by atoms with Crippen molar-refractivity contribution < 1.29 is 17.6 Å². The first-order chi connectivity index (χ1) is 17.1. The maximum atomic E-state index is 13.5. The molecule has 1 aromatic heterocycles. The fourth-order valence-electron chi connectivity index (χ4n) is 4.50. The van der Waals surface area contributed by atoms with Gasteiger partial charge in [-0.2, -0.15) is 16.5 Å². The Morgan fingerprint density at radius 1 is 1.19 bits per heavy atom. The van der Waals surface area contributed by atoms with E-state index in [1.807, 2.05) is 13.2 Å². The smallest absolute Gasteiger partial charge is 0.408 e.